The zero-order valence-electron chi connectivity index (χ0n) is 11.0. The van der Waals surface area contributed by atoms with Gasteiger partial charge in [-0.25, -0.2) is 9.97 Å². The standard InChI is InChI=1S/C12H17N5O2/c1-8-9(2)19-11(16-8)5-14-12(18)10-6-17(4-3-13)7-15-10/h6-7H,3-5,13H2,1-2H3,(H,14,18). The zero-order chi connectivity index (χ0) is 13.8. The number of aryl methyl sites for hydroxylation is 2. The van der Waals surface area contributed by atoms with Crippen molar-refractivity contribution in [2.45, 2.75) is 26.9 Å². The number of nitrogens with one attached hydrogen (secondary N) is 1. The first kappa shape index (κ1) is 13.3. The summed E-state index contributed by atoms with van der Waals surface area (Å²) in [7, 11) is 0. The van der Waals surface area contributed by atoms with Crippen molar-refractivity contribution in [1.29, 1.82) is 0 Å². The van der Waals surface area contributed by atoms with Crippen LogP contribution >= 0.6 is 0 Å². The van der Waals surface area contributed by atoms with Gasteiger partial charge in [0.05, 0.1) is 18.6 Å². The van der Waals surface area contributed by atoms with Crippen molar-refractivity contribution in [2.24, 2.45) is 5.73 Å². The molecule has 0 bridgehead atoms. The van der Waals surface area contributed by atoms with E-state index in [1.54, 1.807) is 17.1 Å². The summed E-state index contributed by atoms with van der Waals surface area (Å²) in [4.78, 5) is 20.0. The van der Waals surface area contributed by atoms with Gasteiger partial charge in [-0.2, -0.15) is 0 Å². The summed E-state index contributed by atoms with van der Waals surface area (Å²) in [6.45, 7) is 5.09. The molecule has 0 aliphatic rings. The van der Waals surface area contributed by atoms with Gasteiger partial charge in [0, 0.05) is 19.3 Å². The van der Waals surface area contributed by atoms with Gasteiger partial charge in [-0.1, -0.05) is 0 Å². The smallest absolute Gasteiger partial charge is 0.271 e. The van der Waals surface area contributed by atoms with E-state index in [4.69, 9.17) is 10.2 Å². The van der Waals surface area contributed by atoms with E-state index in [2.05, 4.69) is 15.3 Å². The molecule has 0 saturated carbocycles. The maximum absolute atomic E-state index is 11.8. The van der Waals surface area contributed by atoms with Crippen molar-refractivity contribution in [3.8, 4) is 0 Å². The maximum Gasteiger partial charge on any atom is 0.271 e. The van der Waals surface area contributed by atoms with Crippen LogP contribution in [-0.4, -0.2) is 27.0 Å². The van der Waals surface area contributed by atoms with Gasteiger partial charge in [0.1, 0.15) is 11.5 Å². The molecule has 2 heterocycles. The summed E-state index contributed by atoms with van der Waals surface area (Å²) >= 11 is 0. The Morgan fingerprint density at radius 3 is 2.95 bits per heavy atom. The predicted octanol–water partition coefficient (Wildman–Crippen LogP) is 0.377. The minimum Gasteiger partial charge on any atom is -0.444 e. The normalized spacial score (nSPS) is 10.7. The molecule has 102 valence electrons. The molecular weight excluding hydrogens is 246 g/mol. The van der Waals surface area contributed by atoms with E-state index < -0.39 is 0 Å². The molecule has 0 fully saturated rings. The summed E-state index contributed by atoms with van der Waals surface area (Å²) in [5.41, 5.74) is 6.61. The predicted molar refractivity (Wildman–Crippen MR) is 68.4 cm³/mol. The first-order valence-corrected chi connectivity index (χ1v) is 6.03. The van der Waals surface area contributed by atoms with Crippen LogP contribution in [0.1, 0.15) is 27.8 Å². The van der Waals surface area contributed by atoms with Crippen LogP contribution < -0.4 is 11.1 Å². The molecule has 2 rings (SSSR count). The molecule has 2 aromatic rings. The van der Waals surface area contributed by atoms with Crippen LogP contribution in [0.2, 0.25) is 0 Å². The van der Waals surface area contributed by atoms with Gasteiger partial charge >= 0.3 is 0 Å². The molecular formula is C12H17N5O2. The highest BCUT2D eigenvalue weighted by molar-refractivity contribution is 5.91. The van der Waals surface area contributed by atoms with Gasteiger partial charge in [-0.3, -0.25) is 4.79 Å². The van der Waals surface area contributed by atoms with Gasteiger partial charge in [0.15, 0.2) is 0 Å². The Kier molecular flexibility index (Phi) is 3.96. The number of oxazole rings is 1. The molecule has 0 spiro atoms. The molecule has 7 heteroatoms. The van der Waals surface area contributed by atoms with Crippen molar-refractivity contribution in [1.82, 2.24) is 19.9 Å². The maximum atomic E-state index is 11.8. The Hall–Kier alpha value is -2.15. The van der Waals surface area contributed by atoms with Crippen molar-refractivity contribution < 1.29 is 9.21 Å². The molecule has 0 aliphatic carbocycles. The van der Waals surface area contributed by atoms with Crippen molar-refractivity contribution in [3.05, 3.63) is 35.6 Å². The Bertz CT molecular complexity index is 553. The number of rotatable bonds is 5. The van der Waals surface area contributed by atoms with Crippen LogP contribution in [0.4, 0.5) is 0 Å². The number of carbonyl (C=O) groups excluding carboxylic acids is 1. The van der Waals surface area contributed by atoms with E-state index in [0.717, 1.165) is 11.5 Å². The van der Waals surface area contributed by atoms with Gasteiger partial charge in [0.2, 0.25) is 5.89 Å². The van der Waals surface area contributed by atoms with E-state index in [1.807, 2.05) is 13.8 Å². The quantitative estimate of drug-likeness (QED) is 0.812. The molecule has 2 aromatic heterocycles. The lowest BCUT2D eigenvalue weighted by Gasteiger charge is -1.99. The highest BCUT2D eigenvalue weighted by Crippen LogP contribution is 2.08. The van der Waals surface area contributed by atoms with E-state index in [9.17, 15) is 4.79 Å². The van der Waals surface area contributed by atoms with Crippen LogP contribution in [0.15, 0.2) is 16.9 Å². The summed E-state index contributed by atoms with van der Waals surface area (Å²) < 4.78 is 7.15. The zero-order valence-corrected chi connectivity index (χ0v) is 11.0. The van der Waals surface area contributed by atoms with Crippen LogP contribution in [0, 0.1) is 13.8 Å². The van der Waals surface area contributed by atoms with Crippen LogP contribution in [0.3, 0.4) is 0 Å². The van der Waals surface area contributed by atoms with E-state index in [0.29, 0.717) is 24.7 Å². The average molecular weight is 263 g/mol. The molecule has 3 N–H and O–H groups in total. The number of nitrogens with two attached hydrogens (primary N) is 1. The highest BCUT2D eigenvalue weighted by atomic mass is 16.4. The summed E-state index contributed by atoms with van der Waals surface area (Å²) in [5.74, 6) is 0.991. The topological polar surface area (TPSA) is 99.0 Å². The van der Waals surface area contributed by atoms with Gasteiger partial charge < -0.3 is 20.0 Å². The average Bonchev–Trinajstić information content (AvgIpc) is 2.95. The fraction of sp³-hybridized carbons (Fsp3) is 0.417. The van der Waals surface area contributed by atoms with Crippen molar-refractivity contribution in [2.75, 3.05) is 6.54 Å². The highest BCUT2D eigenvalue weighted by Gasteiger charge is 2.11. The fourth-order valence-corrected chi connectivity index (χ4v) is 1.61. The number of imidazole rings is 1. The second-order valence-corrected chi connectivity index (χ2v) is 4.22. The molecule has 7 nitrogen and oxygen atoms in total. The van der Waals surface area contributed by atoms with Gasteiger partial charge in [-0.15, -0.1) is 0 Å². The summed E-state index contributed by atoms with van der Waals surface area (Å²) in [6.07, 6.45) is 3.25. The Balaban J connectivity index is 1.93. The fourth-order valence-electron chi connectivity index (χ4n) is 1.61. The van der Waals surface area contributed by atoms with Crippen LogP contribution in [0.5, 0.6) is 0 Å². The van der Waals surface area contributed by atoms with Crippen molar-refractivity contribution in [3.63, 3.8) is 0 Å². The minimum atomic E-state index is -0.260. The first-order valence-electron chi connectivity index (χ1n) is 6.03. The summed E-state index contributed by atoms with van der Waals surface area (Å²) in [6, 6.07) is 0. The molecule has 0 saturated heterocycles. The molecule has 0 aromatic carbocycles. The minimum absolute atomic E-state index is 0.247. The number of carbonyl (C=O) groups is 1. The third-order valence-electron chi connectivity index (χ3n) is 2.73. The lowest BCUT2D eigenvalue weighted by Crippen LogP contribution is -2.23. The van der Waals surface area contributed by atoms with E-state index >= 15 is 0 Å². The Morgan fingerprint density at radius 2 is 2.32 bits per heavy atom. The number of aromatic nitrogens is 3. The Labute approximate surface area is 110 Å². The molecule has 0 aliphatic heterocycles. The molecule has 0 unspecified atom stereocenters. The second-order valence-electron chi connectivity index (χ2n) is 4.22. The Morgan fingerprint density at radius 1 is 1.53 bits per heavy atom. The third kappa shape index (κ3) is 3.19. The van der Waals surface area contributed by atoms with E-state index in [-0.39, 0.29) is 12.5 Å². The van der Waals surface area contributed by atoms with E-state index in [1.165, 1.54) is 0 Å². The number of amides is 1. The third-order valence-corrected chi connectivity index (χ3v) is 2.73. The largest absolute Gasteiger partial charge is 0.444 e. The van der Waals surface area contributed by atoms with Crippen molar-refractivity contribution >= 4 is 5.91 Å². The monoisotopic (exact) mass is 263 g/mol. The number of hydrogen-bond acceptors (Lipinski definition) is 5. The lowest BCUT2D eigenvalue weighted by molar-refractivity contribution is 0.0942. The molecule has 0 atom stereocenters. The first-order chi connectivity index (χ1) is 9.10. The number of hydrogen-bond donors (Lipinski definition) is 2. The van der Waals surface area contributed by atoms with Gasteiger partial charge in [0.25, 0.3) is 5.91 Å². The van der Waals surface area contributed by atoms with Crippen LogP contribution in [0.25, 0.3) is 0 Å². The molecule has 0 radical (unpaired) electrons. The summed E-state index contributed by atoms with van der Waals surface area (Å²) in [5, 5.41) is 2.71. The lowest BCUT2D eigenvalue weighted by atomic mass is 10.4. The van der Waals surface area contributed by atoms with Gasteiger partial charge in [-0.05, 0) is 13.8 Å². The molecule has 19 heavy (non-hydrogen) atoms. The second kappa shape index (κ2) is 5.66. The SMILES string of the molecule is Cc1nc(CNC(=O)c2cn(CCN)cn2)oc1C. The van der Waals surface area contributed by atoms with Crippen LogP contribution in [-0.2, 0) is 13.1 Å². The number of nitrogens with zero attached hydrogens (tertiary/aromatic N) is 3. The molecule has 1 amide bonds.